The number of carbonyl (C=O) groups is 2. The number of rotatable bonds is 9. The van der Waals surface area contributed by atoms with Gasteiger partial charge in [-0.3, -0.25) is 4.18 Å². The van der Waals surface area contributed by atoms with Crippen LogP contribution in [0.4, 0.5) is 0 Å². The van der Waals surface area contributed by atoms with Crippen LogP contribution in [0.5, 0.6) is 0 Å². The van der Waals surface area contributed by atoms with E-state index in [9.17, 15) is 18.0 Å². The molecule has 0 spiro atoms. The molecule has 2 rings (SSSR count). The molecule has 0 radical (unpaired) electrons. The Morgan fingerprint density at radius 3 is 2.21 bits per heavy atom. The summed E-state index contributed by atoms with van der Waals surface area (Å²) in [5.41, 5.74) is 0.892. The van der Waals surface area contributed by atoms with Crippen molar-refractivity contribution >= 4 is 22.1 Å². The first kappa shape index (κ1) is 21.6. The lowest BCUT2D eigenvalue weighted by Crippen LogP contribution is -2.29. The monoisotopic (exact) mass is 406 g/mol. The van der Waals surface area contributed by atoms with E-state index in [1.807, 2.05) is 30.3 Å². The van der Waals surface area contributed by atoms with E-state index in [2.05, 4.69) is 9.47 Å². The molecule has 1 atom stereocenters. The molecule has 7 nitrogen and oxygen atoms in total. The predicted octanol–water partition coefficient (Wildman–Crippen LogP) is 2.74. The van der Waals surface area contributed by atoms with Crippen molar-refractivity contribution in [2.75, 3.05) is 14.2 Å². The summed E-state index contributed by atoms with van der Waals surface area (Å²) in [5, 5.41) is 0. The molecule has 2 aromatic rings. The zero-order chi connectivity index (χ0) is 20.6. The van der Waals surface area contributed by atoms with Gasteiger partial charge in [0.15, 0.2) is 6.10 Å². The summed E-state index contributed by atoms with van der Waals surface area (Å²) in [7, 11) is -2.09. The molecule has 8 heteroatoms. The lowest BCUT2D eigenvalue weighted by molar-refractivity contribution is -0.149. The summed E-state index contributed by atoms with van der Waals surface area (Å²) < 4.78 is 39.8. The van der Waals surface area contributed by atoms with Crippen LogP contribution in [0.2, 0.25) is 0 Å². The molecule has 0 fully saturated rings. The first-order chi connectivity index (χ1) is 13.4. The molecular formula is C20H22O7S. The molecule has 0 aliphatic heterocycles. The molecule has 0 saturated carbocycles. The molecule has 0 unspecified atom stereocenters. The minimum atomic E-state index is -4.40. The summed E-state index contributed by atoms with van der Waals surface area (Å²) in [4.78, 5) is 23.5. The molecule has 0 amide bonds. The standard InChI is InChI=1S/C20H22O7S/c1-25-19(21)16-12-6-7-14-18(16)28(23,24)27-17(20(22)26-2)13-8-11-15-9-4-3-5-10-15/h3-7,9-10,12,14,17H,8,11,13H2,1-2H3/t17-/m1/s1. The van der Waals surface area contributed by atoms with Gasteiger partial charge >= 0.3 is 11.9 Å². The van der Waals surface area contributed by atoms with Crippen LogP contribution in [0.3, 0.4) is 0 Å². The maximum Gasteiger partial charge on any atom is 0.339 e. The van der Waals surface area contributed by atoms with Crippen molar-refractivity contribution < 1.29 is 31.7 Å². The van der Waals surface area contributed by atoms with Gasteiger partial charge in [-0.25, -0.2) is 9.59 Å². The Bertz CT molecular complexity index is 907. The van der Waals surface area contributed by atoms with Crippen molar-refractivity contribution in [1.82, 2.24) is 0 Å². The SMILES string of the molecule is COC(=O)c1ccccc1S(=O)(=O)O[C@H](CCCc1ccccc1)C(=O)OC. The highest BCUT2D eigenvalue weighted by Crippen LogP contribution is 2.22. The number of carbonyl (C=O) groups excluding carboxylic acids is 2. The molecule has 0 bridgehead atoms. The molecule has 28 heavy (non-hydrogen) atoms. The van der Waals surface area contributed by atoms with Crippen LogP contribution in [0, 0.1) is 0 Å². The Morgan fingerprint density at radius 2 is 1.57 bits per heavy atom. The van der Waals surface area contributed by atoms with Crippen LogP contribution in [0.15, 0.2) is 59.5 Å². The summed E-state index contributed by atoms with van der Waals surface area (Å²) in [6.07, 6.45) is -0.0141. The van der Waals surface area contributed by atoms with Gasteiger partial charge in [-0.15, -0.1) is 0 Å². The van der Waals surface area contributed by atoms with E-state index in [-0.39, 0.29) is 16.9 Å². The fraction of sp³-hybridized carbons (Fsp3) is 0.300. The molecule has 0 aliphatic rings. The van der Waals surface area contributed by atoms with Crippen molar-refractivity contribution in [2.45, 2.75) is 30.3 Å². The van der Waals surface area contributed by atoms with Gasteiger partial charge in [0.25, 0.3) is 10.1 Å². The quantitative estimate of drug-likeness (QED) is 0.467. The molecule has 150 valence electrons. The summed E-state index contributed by atoms with van der Waals surface area (Å²) >= 11 is 0. The van der Waals surface area contributed by atoms with E-state index < -0.39 is 28.2 Å². The number of esters is 2. The first-order valence-corrected chi connectivity index (χ1v) is 10.0. The second kappa shape index (κ2) is 10.0. The predicted molar refractivity (Wildman–Crippen MR) is 101 cm³/mol. The molecule has 2 aromatic carbocycles. The number of methoxy groups -OCH3 is 2. The van der Waals surface area contributed by atoms with Gasteiger partial charge in [-0.05, 0) is 37.0 Å². The third-order valence-electron chi connectivity index (χ3n) is 4.04. The Morgan fingerprint density at radius 1 is 0.929 bits per heavy atom. The number of ether oxygens (including phenoxy) is 2. The highest BCUT2D eigenvalue weighted by molar-refractivity contribution is 7.86. The van der Waals surface area contributed by atoms with Crippen molar-refractivity contribution in [2.24, 2.45) is 0 Å². The number of hydrogen-bond donors (Lipinski definition) is 0. The number of hydrogen-bond acceptors (Lipinski definition) is 7. The normalized spacial score (nSPS) is 12.2. The summed E-state index contributed by atoms with van der Waals surface area (Å²) in [6.45, 7) is 0. The molecule has 0 saturated heterocycles. The second-order valence-electron chi connectivity index (χ2n) is 5.93. The lowest BCUT2D eigenvalue weighted by Gasteiger charge is -2.16. The summed E-state index contributed by atoms with van der Waals surface area (Å²) in [5.74, 6) is -1.62. The average molecular weight is 406 g/mol. The van der Waals surface area contributed by atoms with Crippen LogP contribution in [0.1, 0.15) is 28.8 Å². The highest BCUT2D eigenvalue weighted by Gasteiger charge is 2.31. The Hall–Kier alpha value is -2.71. The van der Waals surface area contributed by atoms with Crippen molar-refractivity contribution in [3.8, 4) is 0 Å². The average Bonchev–Trinajstić information content (AvgIpc) is 2.72. The van der Waals surface area contributed by atoms with E-state index in [0.29, 0.717) is 12.8 Å². The molecular weight excluding hydrogens is 384 g/mol. The maximum atomic E-state index is 12.7. The van der Waals surface area contributed by atoms with Gasteiger partial charge in [-0.1, -0.05) is 42.5 Å². The zero-order valence-electron chi connectivity index (χ0n) is 15.7. The third kappa shape index (κ3) is 5.64. The van der Waals surface area contributed by atoms with Crippen LogP contribution in [-0.2, 0) is 35.0 Å². The molecule has 0 heterocycles. The molecule has 0 aromatic heterocycles. The van der Waals surface area contributed by atoms with E-state index in [1.165, 1.54) is 24.3 Å². The van der Waals surface area contributed by atoms with Crippen LogP contribution >= 0.6 is 0 Å². The van der Waals surface area contributed by atoms with E-state index >= 15 is 0 Å². The Kier molecular flexibility index (Phi) is 7.71. The third-order valence-corrected chi connectivity index (χ3v) is 5.42. The van der Waals surface area contributed by atoms with E-state index in [1.54, 1.807) is 0 Å². The van der Waals surface area contributed by atoms with E-state index in [4.69, 9.17) is 4.18 Å². The van der Waals surface area contributed by atoms with Crippen LogP contribution < -0.4 is 0 Å². The largest absolute Gasteiger partial charge is 0.467 e. The minimum absolute atomic E-state index is 0.140. The first-order valence-electron chi connectivity index (χ1n) is 8.61. The lowest BCUT2D eigenvalue weighted by atomic mass is 10.1. The smallest absolute Gasteiger partial charge is 0.339 e. The summed E-state index contributed by atoms with van der Waals surface area (Å²) in [6, 6.07) is 15.1. The van der Waals surface area contributed by atoms with Gasteiger partial charge in [0.05, 0.1) is 19.8 Å². The van der Waals surface area contributed by atoms with Gasteiger partial charge in [-0.2, -0.15) is 8.42 Å². The maximum absolute atomic E-state index is 12.7. The fourth-order valence-electron chi connectivity index (χ4n) is 2.64. The number of benzene rings is 2. The van der Waals surface area contributed by atoms with Gasteiger partial charge in [0.2, 0.25) is 0 Å². The van der Waals surface area contributed by atoms with Crippen LogP contribution in [-0.4, -0.2) is 40.7 Å². The minimum Gasteiger partial charge on any atom is -0.467 e. The van der Waals surface area contributed by atoms with Crippen molar-refractivity contribution in [3.63, 3.8) is 0 Å². The van der Waals surface area contributed by atoms with Crippen LogP contribution in [0.25, 0.3) is 0 Å². The van der Waals surface area contributed by atoms with Gasteiger partial charge in [0, 0.05) is 0 Å². The van der Waals surface area contributed by atoms with Crippen molar-refractivity contribution in [1.29, 1.82) is 0 Å². The zero-order valence-corrected chi connectivity index (χ0v) is 16.5. The highest BCUT2D eigenvalue weighted by atomic mass is 32.2. The van der Waals surface area contributed by atoms with Gasteiger partial charge < -0.3 is 9.47 Å². The topological polar surface area (TPSA) is 96.0 Å². The Balaban J connectivity index is 2.17. The molecule has 0 aliphatic carbocycles. The second-order valence-corrected chi connectivity index (χ2v) is 7.47. The van der Waals surface area contributed by atoms with Crippen molar-refractivity contribution in [3.05, 3.63) is 65.7 Å². The Labute approximate surface area is 164 Å². The number of aryl methyl sites for hydroxylation is 1. The fourth-order valence-corrected chi connectivity index (χ4v) is 3.89. The van der Waals surface area contributed by atoms with Gasteiger partial charge in [0.1, 0.15) is 4.90 Å². The van der Waals surface area contributed by atoms with E-state index in [0.717, 1.165) is 19.8 Å². The molecule has 0 N–H and O–H groups in total.